The molecular weight excluding hydrogens is 421 g/mol. The van der Waals surface area contributed by atoms with Crippen molar-refractivity contribution in [2.45, 2.75) is 43.5 Å². The second-order valence-corrected chi connectivity index (χ2v) is 10.4. The second kappa shape index (κ2) is 9.30. The van der Waals surface area contributed by atoms with Gasteiger partial charge in [0, 0.05) is 32.2 Å². The van der Waals surface area contributed by atoms with Gasteiger partial charge in [-0.2, -0.15) is 4.31 Å². The van der Waals surface area contributed by atoms with Gasteiger partial charge in [0.2, 0.25) is 15.9 Å². The molecule has 0 radical (unpaired) electrons. The third kappa shape index (κ3) is 5.00. The van der Waals surface area contributed by atoms with E-state index in [1.54, 1.807) is 12.1 Å². The molecule has 1 heterocycles. The van der Waals surface area contributed by atoms with E-state index in [9.17, 15) is 13.2 Å². The fourth-order valence-corrected chi connectivity index (χ4v) is 6.09. The minimum atomic E-state index is -3.71. The normalized spacial score (nSPS) is 24.8. The number of halogens is 2. The van der Waals surface area contributed by atoms with Gasteiger partial charge in [0.25, 0.3) is 0 Å². The molecule has 1 amide bonds. The topological polar surface area (TPSA) is 69.7 Å². The van der Waals surface area contributed by atoms with E-state index in [1.807, 2.05) is 4.90 Å². The predicted octanol–water partition coefficient (Wildman–Crippen LogP) is 2.99. The summed E-state index contributed by atoms with van der Waals surface area (Å²) in [6, 6.07) is 4.86. The van der Waals surface area contributed by atoms with Crippen molar-refractivity contribution >= 4 is 39.1 Å². The number of nitrogens with zero attached hydrogens (tertiary/aromatic N) is 2. The van der Waals surface area contributed by atoms with E-state index in [2.05, 4.69) is 12.2 Å². The fourth-order valence-electron chi connectivity index (χ4n) is 3.94. The Morgan fingerprint density at radius 3 is 2.50 bits per heavy atom. The maximum Gasteiger partial charge on any atom is 0.244 e. The smallest absolute Gasteiger partial charge is 0.244 e. The van der Waals surface area contributed by atoms with Gasteiger partial charge in [-0.3, -0.25) is 9.69 Å². The minimum absolute atomic E-state index is 0.0212. The van der Waals surface area contributed by atoms with E-state index >= 15 is 0 Å². The van der Waals surface area contributed by atoms with Gasteiger partial charge in [0.05, 0.1) is 16.6 Å². The summed E-state index contributed by atoms with van der Waals surface area (Å²) in [5.41, 5.74) is 0. The lowest BCUT2D eigenvalue weighted by atomic mass is 9.86. The Balaban J connectivity index is 1.54. The molecule has 28 heavy (non-hydrogen) atoms. The zero-order valence-electron chi connectivity index (χ0n) is 16.0. The molecule has 0 bridgehead atoms. The van der Waals surface area contributed by atoms with Crippen LogP contribution in [0.5, 0.6) is 0 Å². The van der Waals surface area contributed by atoms with Crippen LogP contribution in [0.15, 0.2) is 23.1 Å². The largest absolute Gasteiger partial charge is 0.352 e. The number of nitrogens with one attached hydrogen (secondary N) is 1. The summed E-state index contributed by atoms with van der Waals surface area (Å²) in [4.78, 5) is 14.4. The highest BCUT2D eigenvalue weighted by atomic mass is 35.5. The molecule has 0 unspecified atom stereocenters. The third-order valence-electron chi connectivity index (χ3n) is 5.69. The second-order valence-electron chi connectivity index (χ2n) is 7.67. The summed E-state index contributed by atoms with van der Waals surface area (Å²) in [6.45, 7) is 4.14. The van der Waals surface area contributed by atoms with Crippen molar-refractivity contribution in [3.05, 3.63) is 28.2 Å². The van der Waals surface area contributed by atoms with Gasteiger partial charge in [-0.25, -0.2) is 8.42 Å². The van der Waals surface area contributed by atoms with Gasteiger partial charge in [0.1, 0.15) is 4.90 Å². The molecule has 0 aromatic heterocycles. The fraction of sp³-hybridized carbons (Fsp3) is 0.632. The number of rotatable bonds is 5. The van der Waals surface area contributed by atoms with Crippen molar-refractivity contribution in [3.63, 3.8) is 0 Å². The van der Waals surface area contributed by atoms with Crippen LogP contribution in [0.1, 0.15) is 32.6 Å². The van der Waals surface area contributed by atoms with Crippen LogP contribution in [-0.4, -0.2) is 62.3 Å². The van der Waals surface area contributed by atoms with Crippen molar-refractivity contribution in [2.24, 2.45) is 5.92 Å². The predicted molar refractivity (Wildman–Crippen MR) is 111 cm³/mol. The standard InChI is InChI=1S/C19H27Cl2N3O3S/c1-14-5-2-3-7-16(14)22-18(25)13-23-9-11-24(12-10-23)28(26,27)17-8-4-6-15(20)19(17)21/h4,6,8,14,16H,2-3,5,7,9-13H2,1H3,(H,22,25)/t14-,16+/m0/s1. The van der Waals surface area contributed by atoms with Crippen molar-refractivity contribution < 1.29 is 13.2 Å². The van der Waals surface area contributed by atoms with Gasteiger partial charge in [-0.1, -0.05) is 49.0 Å². The lowest BCUT2D eigenvalue weighted by Gasteiger charge is -2.35. The lowest BCUT2D eigenvalue weighted by Crippen LogP contribution is -2.52. The molecule has 156 valence electrons. The monoisotopic (exact) mass is 447 g/mol. The van der Waals surface area contributed by atoms with Gasteiger partial charge in [-0.05, 0) is 30.9 Å². The SMILES string of the molecule is C[C@H]1CCCC[C@H]1NC(=O)CN1CCN(S(=O)(=O)c2cccc(Cl)c2Cl)CC1. The Morgan fingerprint density at radius 1 is 1.14 bits per heavy atom. The Hall–Kier alpha value is -0.860. The molecule has 2 fully saturated rings. The number of sulfonamides is 1. The van der Waals surface area contributed by atoms with Crippen LogP contribution in [0.3, 0.4) is 0 Å². The molecule has 1 N–H and O–H groups in total. The van der Waals surface area contributed by atoms with Crippen molar-refractivity contribution in [3.8, 4) is 0 Å². The highest BCUT2D eigenvalue weighted by molar-refractivity contribution is 7.89. The van der Waals surface area contributed by atoms with Gasteiger partial charge < -0.3 is 5.32 Å². The van der Waals surface area contributed by atoms with Crippen molar-refractivity contribution in [2.75, 3.05) is 32.7 Å². The van der Waals surface area contributed by atoms with Crippen molar-refractivity contribution in [1.29, 1.82) is 0 Å². The lowest BCUT2D eigenvalue weighted by molar-refractivity contribution is -0.123. The van der Waals surface area contributed by atoms with E-state index in [4.69, 9.17) is 23.2 Å². The first-order chi connectivity index (χ1) is 13.3. The highest BCUT2D eigenvalue weighted by Crippen LogP contribution is 2.31. The van der Waals surface area contributed by atoms with Crippen LogP contribution in [0.25, 0.3) is 0 Å². The number of carbonyl (C=O) groups excluding carboxylic acids is 1. The zero-order valence-corrected chi connectivity index (χ0v) is 18.4. The molecule has 1 aliphatic carbocycles. The van der Waals surface area contributed by atoms with E-state index in [-0.39, 0.29) is 26.9 Å². The van der Waals surface area contributed by atoms with E-state index in [0.717, 1.165) is 19.3 Å². The number of carbonyl (C=O) groups is 1. The first kappa shape index (κ1) is 21.8. The van der Waals surface area contributed by atoms with Gasteiger partial charge >= 0.3 is 0 Å². The third-order valence-corrected chi connectivity index (χ3v) is 8.56. The van der Waals surface area contributed by atoms with Crippen LogP contribution >= 0.6 is 23.2 Å². The number of piperazine rings is 1. The molecule has 9 heteroatoms. The highest BCUT2D eigenvalue weighted by Gasteiger charge is 2.31. The molecule has 1 aromatic carbocycles. The summed E-state index contributed by atoms with van der Waals surface area (Å²) in [6.07, 6.45) is 4.60. The first-order valence-corrected chi connectivity index (χ1v) is 11.9. The van der Waals surface area contributed by atoms with Crippen molar-refractivity contribution in [1.82, 2.24) is 14.5 Å². The summed E-state index contributed by atoms with van der Waals surface area (Å²) in [5.74, 6) is 0.537. The van der Waals surface area contributed by atoms with E-state index in [1.165, 1.54) is 16.8 Å². The minimum Gasteiger partial charge on any atom is -0.352 e. The number of hydrogen-bond acceptors (Lipinski definition) is 4. The molecule has 2 aliphatic rings. The average molecular weight is 448 g/mol. The molecule has 1 saturated carbocycles. The summed E-state index contributed by atoms with van der Waals surface area (Å²) in [5, 5.41) is 3.42. The van der Waals surface area contributed by atoms with Crippen LogP contribution in [-0.2, 0) is 14.8 Å². The molecule has 1 aromatic rings. The Bertz CT molecular complexity index is 811. The number of hydrogen-bond donors (Lipinski definition) is 1. The van der Waals surface area contributed by atoms with Crippen LogP contribution in [0.4, 0.5) is 0 Å². The first-order valence-electron chi connectivity index (χ1n) is 9.75. The number of benzene rings is 1. The maximum atomic E-state index is 12.9. The Kier molecular flexibility index (Phi) is 7.26. The zero-order chi connectivity index (χ0) is 20.3. The van der Waals surface area contributed by atoms with E-state index in [0.29, 0.717) is 38.6 Å². The van der Waals surface area contributed by atoms with Crippen LogP contribution in [0.2, 0.25) is 10.0 Å². The molecule has 2 atom stereocenters. The van der Waals surface area contributed by atoms with Gasteiger partial charge in [0.15, 0.2) is 0 Å². The molecule has 1 saturated heterocycles. The van der Waals surface area contributed by atoms with E-state index < -0.39 is 10.0 Å². The van der Waals surface area contributed by atoms with Crippen LogP contribution < -0.4 is 5.32 Å². The summed E-state index contributed by atoms with van der Waals surface area (Å²) >= 11 is 12.1. The summed E-state index contributed by atoms with van der Waals surface area (Å²) < 4.78 is 27.2. The summed E-state index contributed by atoms with van der Waals surface area (Å²) in [7, 11) is -3.71. The Labute approximate surface area is 177 Å². The molecule has 6 nitrogen and oxygen atoms in total. The average Bonchev–Trinajstić information content (AvgIpc) is 2.66. The molecule has 3 rings (SSSR count). The Morgan fingerprint density at radius 2 is 1.82 bits per heavy atom. The molecule has 1 aliphatic heterocycles. The molecular formula is C19H27Cl2N3O3S. The maximum absolute atomic E-state index is 12.9. The quantitative estimate of drug-likeness (QED) is 0.752. The molecule has 0 spiro atoms. The van der Waals surface area contributed by atoms with Gasteiger partial charge in [-0.15, -0.1) is 0 Å². The number of amides is 1. The van der Waals surface area contributed by atoms with Crippen LogP contribution in [0, 0.1) is 5.92 Å².